The van der Waals surface area contributed by atoms with E-state index in [0.29, 0.717) is 17.9 Å². The van der Waals surface area contributed by atoms with Gasteiger partial charge in [0.1, 0.15) is 27.1 Å². The minimum Gasteiger partial charge on any atom is -0.478 e. The first-order valence-corrected chi connectivity index (χ1v) is 13.6. The molecule has 16 heteroatoms. The summed E-state index contributed by atoms with van der Waals surface area (Å²) < 4.78 is 0.0185. The van der Waals surface area contributed by atoms with E-state index < -0.39 is 47.0 Å². The van der Waals surface area contributed by atoms with Gasteiger partial charge >= 0.3 is 11.9 Å². The molecule has 200 valence electrons. The number of thiazole rings is 1. The minimum atomic E-state index is -1.38. The Balaban J connectivity index is 1.53. The van der Waals surface area contributed by atoms with Crippen LogP contribution in [0.2, 0.25) is 4.34 Å². The van der Waals surface area contributed by atoms with Crippen LogP contribution in [-0.4, -0.2) is 97.4 Å². The number of rotatable bonds is 9. The van der Waals surface area contributed by atoms with Crippen LogP contribution in [0.5, 0.6) is 0 Å². The number of nitrogens with two attached hydrogens (primary N) is 1. The minimum absolute atomic E-state index is 0.0185. The number of β-lactam (4-membered cyclic amide) rings is 1. The number of carboxylic acid groups (broad SMARTS) is 2. The summed E-state index contributed by atoms with van der Waals surface area (Å²) in [6.07, 6.45) is 1.87. The largest absolute Gasteiger partial charge is 0.478 e. The van der Waals surface area contributed by atoms with Crippen LogP contribution < -0.4 is 11.1 Å². The number of oxime groups is 1. The molecule has 0 radical (unpaired) electrons. The van der Waals surface area contributed by atoms with Crippen LogP contribution >= 0.6 is 34.7 Å². The van der Waals surface area contributed by atoms with Crippen molar-refractivity contribution in [3.05, 3.63) is 21.3 Å². The van der Waals surface area contributed by atoms with Crippen molar-refractivity contribution < 1.29 is 34.2 Å². The molecule has 2 amide bonds. The molecule has 0 aliphatic carbocycles. The summed E-state index contributed by atoms with van der Waals surface area (Å²) in [5, 5.41) is 24.5. The average Bonchev–Trinajstić information content (AvgIpc) is 3.19. The van der Waals surface area contributed by atoms with Crippen LogP contribution in [-0.2, 0) is 24.0 Å². The highest BCUT2D eigenvalue weighted by molar-refractivity contribution is 8.00. The lowest BCUT2D eigenvalue weighted by molar-refractivity contribution is -0.150. The Morgan fingerprint density at radius 1 is 1.30 bits per heavy atom. The van der Waals surface area contributed by atoms with Crippen LogP contribution in [0, 0.1) is 0 Å². The maximum Gasteiger partial charge on any atom is 0.352 e. The molecule has 3 aliphatic heterocycles. The summed E-state index contributed by atoms with van der Waals surface area (Å²) in [5.41, 5.74) is 5.69. The van der Waals surface area contributed by atoms with E-state index >= 15 is 0 Å². The third-order valence-electron chi connectivity index (χ3n) is 6.09. The molecule has 0 saturated carbocycles. The molecule has 0 bridgehead atoms. The van der Waals surface area contributed by atoms with E-state index in [4.69, 9.17) is 27.3 Å². The number of nitrogen functional groups attached to an aromatic ring is 1. The normalized spacial score (nSPS) is 23.2. The van der Waals surface area contributed by atoms with Crippen molar-refractivity contribution in [3.63, 3.8) is 0 Å². The number of piperidine rings is 1. The predicted molar refractivity (Wildman–Crippen MR) is 136 cm³/mol. The molecule has 4 heterocycles. The molecule has 0 spiro atoms. The Kier molecular flexibility index (Phi) is 8.26. The number of amides is 2. The van der Waals surface area contributed by atoms with Gasteiger partial charge in [0, 0.05) is 12.3 Å². The maximum atomic E-state index is 13.1. The molecule has 37 heavy (non-hydrogen) atoms. The van der Waals surface area contributed by atoms with Crippen molar-refractivity contribution in [2.75, 3.05) is 31.1 Å². The maximum absolute atomic E-state index is 13.1. The fourth-order valence-electron chi connectivity index (χ4n) is 4.23. The predicted octanol–water partition coefficient (Wildman–Crippen LogP) is 0.797. The topological polar surface area (TPSA) is 188 Å². The van der Waals surface area contributed by atoms with Gasteiger partial charge in [-0.15, -0.1) is 11.8 Å². The Hall–Kier alpha value is -2.88. The number of nitrogens with zero attached hydrogens (tertiary/aromatic N) is 4. The number of hydrogen-bond acceptors (Lipinski definition) is 11. The second kappa shape index (κ2) is 11.2. The number of carbonyl (C=O) groups excluding carboxylic acids is 2. The lowest BCUT2D eigenvalue weighted by atomic mass is 10.0. The average molecular weight is 573 g/mol. The molecule has 2 saturated heterocycles. The van der Waals surface area contributed by atoms with E-state index in [2.05, 4.69) is 20.4 Å². The lowest BCUT2D eigenvalue weighted by Crippen LogP contribution is -2.71. The fourth-order valence-corrected chi connectivity index (χ4v) is 6.50. The summed E-state index contributed by atoms with van der Waals surface area (Å²) in [7, 11) is 0. The highest BCUT2D eigenvalue weighted by Crippen LogP contribution is 2.40. The number of thioether (sulfide) groups is 1. The molecular weight excluding hydrogens is 548 g/mol. The highest BCUT2D eigenvalue weighted by Gasteiger charge is 2.54. The van der Waals surface area contributed by atoms with Crippen LogP contribution in [0.4, 0.5) is 5.13 Å². The van der Waals surface area contributed by atoms with E-state index in [1.54, 1.807) is 0 Å². The van der Waals surface area contributed by atoms with Crippen LogP contribution in [0.15, 0.2) is 16.4 Å². The summed E-state index contributed by atoms with van der Waals surface area (Å²) >= 11 is 8.36. The van der Waals surface area contributed by atoms with E-state index in [1.807, 2.05) is 0 Å². The molecule has 3 atom stereocenters. The van der Waals surface area contributed by atoms with Crippen molar-refractivity contribution in [2.45, 2.75) is 43.7 Å². The molecule has 5 N–H and O–H groups in total. The van der Waals surface area contributed by atoms with Crippen molar-refractivity contribution in [3.8, 4) is 0 Å². The van der Waals surface area contributed by atoms with Crippen molar-refractivity contribution >= 4 is 69.3 Å². The molecule has 13 nitrogen and oxygen atoms in total. The van der Waals surface area contributed by atoms with Gasteiger partial charge in [-0.3, -0.25) is 19.4 Å². The molecule has 2 fully saturated rings. The third kappa shape index (κ3) is 5.68. The van der Waals surface area contributed by atoms with E-state index in [0.717, 1.165) is 43.7 Å². The Morgan fingerprint density at radius 2 is 2.00 bits per heavy atom. The fraction of sp³-hybridized carbons (Fsp3) is 0.524. The quantitative estimate of drug-likeness (QED) is 0.186. The smallest absolute Gasteiger partial charge is 0.352 e. The number of aliphatic carboxylic acids is 2. The highest BCUT2D eigenvalue weighted by atomic mass is 35.5. The lowest BCUT2D eigenvalue weighted by Gasteiger charge is -2.49. The summed E-state index contributed by atoms with van der Waals surface area (Å²) in [4.78, 5) is 61.7. The molecule has 0 aromatic carbocycles. The van der Waals surface area contributed by atoms with Gasteiger partial charge in [0.05, 0.1) is 0 Å². The van der Waals surface area contributed by atoms with Crippen molar-refractivity contribution in [1.29, 1.82) is 0 Å². The number of halogens is 1. The third-order valence-corrected chi connectivity index (χ3v) is 8.51. The SMILES string of the molecule is C[C@H](O/N=C(\C(=O)N[C@@H]1C(=O)N2C(C(=O)O)=C(CN3CCCCC3)CS[C@H]12)c1nc(N)sc1Cl)C(=O)O. The first-order chi connectivity index (χ1) is 17.6. The monoisotopic (exact) mass is 572 g/mol. The van der Waals surface area contributed by atoms with Crippen LogP contribution in [0.3, 0.4) is 0 Å². The van der Waals surface area contributed by atoms with Gasteiger partial charge in [-0.2, -0.15) is 0 Å². The van der Waals surface area contributed by atoms with Gasteiger partial charge in [0.2, 0.25) is 6.10 Å². The van der Waals surface area contributed by atoms with Gasteiger partial charge in [0.25, 0.3) is 11.8 Å². The molecule has 1 aromatic heterocycles. The van der Waals surface area contributed by atoms with Crippen molar-refractivity contribution in [2.24, 2.45) is 5.16 Å². The van der Waals surface area contributed by atoms with Crippen molar-refractivity contribution in [1.82, 2.24) is 20.1 Å². The number of carbonyl (C=O) groups is 4. The number of nitrogens with one attached hydrogen (secondary N) is 1. The Labute approximate surface area is 224 Å². The zero-order valence-electron chi connectivity index (χ0n) is 19.7. The number of carboxylic acids is 2. The molecule has 1 aromatic rings. The van der Waals surface area contributed by atoms with Gasteiger partial charge in [0.15, 0.2) is 10.8 Å². The van der Waals surface area contributed by atoms with Gasteiger partial charge in [-0.25, -0.2) is 14.6 Å². The van der Waals surface area contributed by atoms with E-state index in [-0.39, 0.29) is 20.9 Å². The van der Waals surface area contributed by atoms with Gasteiger partial charge in [-0.05, 0) is 38.4 Å². The Bertz CT molecular complexity index is 1180. The summed E-state index contributed by atoms with van der Waals surface area (Å²) in [5.74, 6) is -3.60. The van der Waals surface area contributed by atoms with Crippen LogP contribution in [0.1, 0.15) is 31.9 Å². The first kappa shape index (κ1) is 27.2. The Morgan fingerprint density at radius 3 is 2.59 bits per heavy atom. The summed E-state index contributed by atoms with van der Waals surface area (Å²) in [6.45, 7) is 3.45. The number of anilines is 1. The molecule has 4 rings (SSSR count). The number of fused-ring (bicyclic) bond motifs is 1. The van der Waals surface area contributed by atoms with E-state index in [9.17, 15) is 24.3 Å². The second-order valence-electron chi connectivity index (χ2n) is 8.66. The zero-order valence-corrected chi connectivity index (χ0v) is 22.1. The molecular formula is C21H25ClN6O7S2. The van der Waals surface area contributed by atoms with Crippen LogP contribution in [0.25, 0.3) is 0 Å². The van der Waals surface area contributed by atoms with E-state index in [1.165, 1.54) is 23.6 Å². The number of aromatic nitrogens is 1. The first-order valence-electron chi connectivity index (χ1n) is 11.4. The number of likely N-dealkylation sites (tertiary alicyclic amines) is 1. The second-order valence-corrected chi connectivity index (χ2v) is 11.4. The van der Waals surface area contributed by atoms with Gasteiger partial charge in [-0.1, -0.05) is 34.5 Å². The summed E-state index contributed by atoms with van der Waals surface area (Å²) in [6, 6.07) is -1.04. The standard InChI is InChI=1S/C21H25ClN6O7S2/c1-9(19(31)32)35-26-12(11-15(22)37-21(23)25-11)16(29)24-13-17(30)28-14(20(33)34)10(8-36-18(13)28)7-27-5-3-2-4-6-27/h9,13,18H,2-8H2,1H3,(H2,23,25)(H,24,29)(H,31,32)(H,33,34)/b26-12-/t9-,13+,18+/m0/s1. The molecule has 3 aliphatic rings. The van der Waals surface area contributed by atoms with Gasteiger partial charge < -0.3 is 26.1 Å². The number of hydrogen-bond donors (Lipinski definition) is 4. The zero-order chi connectivity index (χ0) is 26.9. The molecule has 0 unspecified atom stereocenters.